The first-order chi connectivity index (χ1) is 10.1. The molecule has 1 amide bonds. The molecule has 0 aromatic heterocycles. The molecule has 2 unspecified atom stereocenters. The number of benzene rings is 1. The standard InChI is InChI=1S/C17H24N2OS/c1-4-17(2)16(20)19(13-6-5-7-13)15(18-17)12-8-10-14(21-3)11-9-12/h8-11,13,15,18H,4-7H2,1-3H3. The molecular weight excluding hydrogens is 280 g/mol. The van der Waals surface area contributed by atoms with Crippen molar-refractivity contribution in [3.63, 3.8) is 0 Å². The molecule has 1 aromatic carbocycles. The van der Waals surface area contributed by atoms with Gasteiger partial charge in [0, 0.05) is 10.9 Å². The molecule has 1 aliphatic heterocycles. The van der Waals surface area contributed by atoms with E-state index in [1.54, 1.807) is 11.8 Å². The second kappa shape index (κ2) is 5.65. The van der Waals surface area contributed by atoms with E-state index < -0.39 is 5.54 Å². The Balaban J connectivity index is 1.91. The van der Waals surface area contributed by atoms with Gasteiger partial charge in [-0.1, -0.05) is 19.1 Å². The summed E-state index contributed by atoms with van der Waals surface area (Å²) in [6.07, 6.45) is 6.48. The van der Waals surface area contributed by atoms with E-state index in [1.165, 1.54) is 16.9 Å². The van der Waals surface area contributed by atoms with Crippen LogP contribution in [0, 0.1) is 0 Å². The van der Waals surface area contributed by atoms with Gasteiger partial charge in [0.25, 0.3) is 0 Å². The number of carbonyl (C=O) groups excluding carboxylic acids is 1. The molecule has 0 bridgehead atoms. The van der Waals surface area contributed by atoms with Crippen molar-refractivity contribution in [3.8, 4) is 0 Å². The maximum atomic E-state index is 12.9. The van der Waals surface area contributed by atoms with Gasteiger partial charge in [-0.2, -0.15) is 0 Å². The topological polar surface area (TPSA) is 32.3 Å². The molecule has 0 radical (unpaired) electrons. The third-order valence-electron chi connectivity index (χ3n) is 5.05. The van der Waals surface area contributed by atoms with Gasteiger partial charge in [-0.3, -0.25) is 10.1 Å². The SMILES string of the molecule is CCC1(C)NC(c2ccc(SC)cc2)N(C2CCC2)C1=O. The monoisotopic (exact) mass is 304 g/mol. The van der Waals surface area contributed by atoms with Gasteiger partial charge in [0.05, 0.1) is 5.54 Å². The molecule has 114 valence electrons. The van der Waals surface area contributed by atoms with Gasteiger partial charge in [-0.15, -0.1) is 11.8 Å². The van der Waals surface area contributed by atoms with Gasteiger partial charge in [0.1, 0.15) is 6.17 Å². The van der Waals surface area contributed by atoms with Crippen LogP contribution in [-0.4, -0.2) is 28.6 Å². The zero-order chi connectivity index (χ0) is 15.0. The Labute approximate surface area is 131 Å². The van der Waals surface area contributed by atoms with E-state index in [0.29, 0.717) is 6.04 Å². The van der Waals surface area contributed by atoms with Crippen molar-refractivity contribution < 1.29 is 4.79 Å². The van der Waals surface area contributed by atoms with Gasteiger partial charge in [0.2, 0.25) is 5.91 Å². The highest BCUT2D eigenvalue weighted by Crippen LogP contribution is 2.39. The number of hydrogen-bond acceptors (Lipinski definition) is 3. The first-order valence-corrected chi connectivity index (χ1v) is 9.06. The van der Waals surface area contributed by atoms with Crippen LogP contribution in [0.5, 0.6) is 0 Å². The summed E-state index contributed by atoms with van der Waals surface area (Å²) in [6.45, 7) is 4.13. The van der Waals surface area contributed by atoms with E-state index in [0.717, 1.165) is 19.3 Å². The Kier molecular flexibility index (Phi) is 4.02. The molecule has 1 saturated heterocycles. The normalized spacial score (nSPS) is 29.8. The van der Waals surface area contributed by atoms with Gasteiger partial charge in [0.15, 0.2) is 0 Å². The largest absolute Gasteiger partial charge is 0.318 e. The van der Waals surface area contributed by atoms with Crippen molar-refractivity contribution in [2.75, 3.05) is 6.26 Å². The van der Waals surface area contributed by atoms with Crippen LogP contribution in [0.4, 0.5) is 0 Å². The molecule has 2 fully saturated rings. The van der Waals surface area contributed by atoms with Crippen molar-refractivity contribution in [1.82, 2.24) is 10.2 Å². The number of rotatable bonds is 4. The van der Waals surface area contributed by atoms with Gasteiger partial charge < -0.3 is 4.90 Å². The maximum Gasteiger partial charge on any atom is 0.244 e. The van der Waals surface area contributed by atoms with Crippen molar-refractivity contribution in [2.45, 2.75) is 62.2 Å². The second-order valence-corrected chi connectivity index (χ2v) is 7.18. The number of carbonyl (C=O) groups is 1. The highest BCUT2D eigenvalue weighted by atomic mass is 32.2. The first kappa shape index (κ1) is 14.9. The van der Waals surface area contributed by atoms with Crippen LogP contribution in [0.1, 0.15) is 51.3 Å². The third kappa shape index (κ3) is 2.49. The van der Waals surface area contributed by atoms with Gasteiger partial charge in [-0.25, -0.2) is 0 Å². The summed E-state index contributed by atoms with van der Waals surface area (Å²) in [5.41, 5.74) is 0.781. The fourth-order valence-corrected chi connectivity index (χ4v) is 3.57. The molecule has 1 aliphatic carbocycles. The molecule has 3 nitrogen and oxygen atoms in total. The third-order valence-corrected chi connectivity index (χ3v) is 5.79. The van der Waals surface area contributed by atoms with Crippen LogP contribution in [-0.2, 0) is 4.79 Å². The lowest BCUT2D eigenvalue weighted by Gasteiger charge is -2.38. The molecule has 1 aromatic rings. The summed E-state index contributed by atoms with van der Waals surface area (Å²) in [4.78, 5) is 16.2. The van der Waals surface area contributed by atoms with E-state index >= 15 is 0 Å². The van der Waals surface area contributed by atoms with E-state index in [2.05, 4.69) is 47.7 Å². The molecule has 4 heteroatoms. The summed E-state index contributed by atoms with van der Waals surface area (Å²) < 4.78 is 0. The quantitative estimate of drug-likeness (QED) is 0.863. The molecule has 2 aliphatic rings. The van der Waals surface area contributed by atoms with Gasteiger partial charge >= 0.3 is 0 Å². The average molecular weight is 304 g/mol. The number of amides is 1. The Hall–Kier alpha value is -1.00. The van der Waals surface area contributed by atoms with Gasteiger partial charge in [-0.05, 0) is 56.6 Å². The summed E-state index contributed by atoms with van der Waals surface area (Å²) in [7, 11) is 0. The molecule has 1 saturated carbocycles. The molecule has 1 heterocycles. The van der Waals surface area contributed by atoms with E-state index in [-0.39, 0.29) is 12.1 Å². The predicted octanol–water partition coefficient (Wildman–Crippen LogP) is 3.56. The summed E-state index contributed by atoms with van der Waals surface area (Å²) in [5, 5.41) is 3.59. The Bertz CT molecular complexity index is 526. The average Bonchev–Trinajstić information content (AvgIpc) is 2.72. The van der Waals surface area contributed by atoms with Crippen LogP contribution in [0.3, 0.4) is 0 Å². The Morgan fingerprint density at radius 1 is 1.33 bits per heavy atom. The number of nitrogens with zero attached hydrogens (tertiary/aromatic N) is 1. The van der Waals surface area contributed by atoms with Crippen molar-refractivity contribution in [2.24, 2.45) is 0 Å². The van der Waals surface area contributed by atoms with Crippen molar-refractivity contribution in [3.05, 3.63) is 29.8 Å². The minimum atomic E-state index is -0.418. The number of hydrogen-bond donors (Lipinski definition) is 1. The highest BCUT2D eigenvalue weighted by molar-refractivity contribution is 7.98. The zero-order valence-corrected chi connectivity index (χ0v) is 13.9. The molecular formula is C17H24N2OS. The van der Waals surface area contributed by atoms with E-state index in [4.69, 9.17) is 0 Å². The van der Waals surface area contributed by atoms with Crippen molar-refractivity contribution in [1.29, 1.82) is 0 Å². The first-order valence-electron chi connectivity index (χ1n) is 7.83. The Morgan fingerprint density at radius 2 is 2.00 bits per heavy atom. The molecule has 1 N–H and O–H groups in total. The van der Waals surface area contributed by atoms with E-state index in [1.807, 2.05) is 6.92 Å². The van der Waals surface area contributed by atoms with E-state index in [9.17, 15) is 4.79 Å². The van der Waals surface area contributed by atoms with Crippen LogP contribution in [0.15, 0.2) is 29.2 Å². The maximum absolute atomic E-state index is 12.9. The minimum Gasteiger partial charge on any atom is -0.318 e. The molecule has 2 atom stereocenters. The molecule has 0 spiro atoms. The number of thioether (sulfide) groups is 1. The second-order valence-electron chi connectivity index (χ2n) is 6.30. The highest BCUT2D eigenvalue weighted by Gasteiger charge is 2.50. The zero-order valence-electron chi connectivity index (χ0n) is 13.1. The fraction of sp³-hybridized carbons (Fsp3) is 0.588. The van der Waals surface area contributed by atoms with Crippen LogP contribution >= 0.6 is 11.8 Å². The van der Waals surface area contributed by atoms with Crippen LogP contribution in [0.25, 0.3) is 0 Å². The van der Waals surface area contributed by atoms with Crippen molar-refractivity contribution >= 4 is 17.7 Å². The van der Waals surface area contributed by atoms with Crippen LogP contribution < -0.4 is 5.32 Å². The Morgan fingerprint density at radius 3 is 2.48 bits per heavy atom. The predicted molar refractivity (Wildman–Crippen MR) is 87.3 cm³/mol. The smallest absolute Gasteiger partial charge is 0.244 e. The summed E-state index contributed by atoms with van der Waals surface area (Å²) >= 11 is 1.75. The lowest BCUT2D eigenvalue weighted by Crippen LogP contribution is -2.46. The minimum absolute atomic E-state index is 0.0312. The fourth-order valence-electron chi connectivity index (χ4n) is 3.16. The molecule has 3 rings (SSSR count). The summed E-state index contributed by atoms with van der Waals surface area (Å²) in [6, 6.07) is 9.02. The molecule has 21 heavy (non-hydrogen) atoms. The summed E-state index contributed by atoms with van der Waals surface area (Å²) in [5.74, 6) is 0.272. The number of nitrogens with one attached hydrogen (secondary N) is 1. The lowest BCUT2D eigenvalue weighted by molar-refractivity contribution is -0.136. The van der Waals surface area contributed by atoms with Crippen LogP contribution in [0.2, 0.25) is 0 Å². The lowest BCUT2D eigenvalue weighted by atomic mass is 9.89.